The molecule has 1 atom stereocenters. The van der Waals surface area contributed by atoms with E-state index in [4.69, 9.17) is 5.73 Å². The highest BCUT2D eigenvalue weighted by atomic mass is 79.9. The van der Waals surface area contributed by atoms with Crippen LogP contribution < -0.4 is 11.1 Å². The lowest BCUT2D eigenvalue weighted by Crippen LogP contribution is -2.44. The Labute approximate surface area is 116 Å². The van der Waals surface area contributed by atoms with E-state index in [-0.39, 0.29) is 12.0 Å². The van der Waals surface area contributed by atoms with Crippen LogP contribution in [0.4, 0.5) is 8.78 Å². The van der Waals surface area contributed by atoms with Crippen molar-refractivity contribution in [3.05, 3.63) is 46.5 Å². The zero-order chi connectivity index (χ0) is 14.6. The van der Waals surface area contributed by atoms with E-state index < -0.39 is 29.5 Å². The molecule has 0 aliphatic carbocycles. The maximum atomic E-state index is 13.0. The van der Waals surface area contributed by atoms with Crippen molar-refractivity contribution >= 4 is 27.7 Å². The van der Waals surface area contributed by atoms with Crippen molar-refractivity contribution in [1.29, 1.82) is 0 Å². The van der Waals surface area contributed by atoms with Crippen molar-refractivity contribution in [3.63, 3.8) is 0 Å². The summed E-state index contributed by atoms with van der Waals surface area (Å²) in [6.07, 6.45) is 0.102. The van der Waals surface area contributed by atoms with E-state index in [1.807, 2.05) is 0 Å². The number of hydrogen-bond acceptors (Lipinski definition) is 2. The number of hydrogen-bond donors (Lipinski definition) is 2. The lowest BCUT2D eigenvalue weighted by molar-refractivity contribution is -0.119. The topological polar surface area (TPSA) is 72.2 Å². The highest BCUT2D eigenvalue weighted by Crippen LogP contribution is 2.12. The fourth-order valence-corrected chi connectivity index (χ4v) is 1.65. The second kappa shape index (κ2) is 6.42. The van der Waals surface area contributed by atoms with E-state index >= 15 is 0 Å². The van der Waals surface area contributed by atoms with Crippen LogP contribution in [0.2, 0.25) is 0 Å². The molecular formula is C12H11BrF2N2O2. The van der Waals surface area contributed by atoms with Gasteiger partial charge in [0.15, 0.2) is 11.6 Å². The van der Waals surface area contributed by atoms with Crippen molar-refractivity contribution in [3.8, 4) is 0 Å². The molecule has 2 amide bonds. The fourth-order valence-electron chi connectivity index (χ4n) is 1.32. The van der Waals surface area contributed by atoms with Gasteiger partial charge in [-0.1, -0.05) is 22.5 Å². The molecule has 4 nitrogen and oxygen atoms in total. The molecule has 1 rings (SSSR count). The Morgan fingerprint density at radius 3 is 2.47 bits per heavy atom. The Kier molecular flexibility index (Phi) is 5.17. The van der Waals surface area contributed by atoms with Crippen LogP contribution in [0, 0.1) is 11.6 Å². The highest BCUT2D eigenvalue weighted by molar-refractivity contribution is 9.11. The smallest absolute Gasteiger partial charge is 0.252 e. The predicted octanol–water partition coefficient (Wildman–Crippen LogP) is 1.85. The standard InChI is InChI=1S/C12H11BrF2N2O2/c1-6(13)4-10(11(16)18)17-12(19)7-2-3-8(14)9(15)5-7/h2-3,5,10H,1,4H2,(H2,16,18)(H,17,19)/t10-/m0/s1. The molecule has 1 aromatic carbocycles. The van der Waals surface area contributed by atoms with Crippen molar-refractivity contribution in [1.82, 2.24) is 5.32 Å². The number of benzene rings is 1. The van der Waals surface area contributed by atoms with Gasteiger partial charge < -0.3 is 11.1 Å². The van der Waals surface area contributed by atoms with Gasteiger partial charge in [-0.25, -0.2) is 8.78 Å². The van der Waals surface area contributed by atoms with E-state index in [1.54, 1.807) is 0 Å². The molecule has 0 saturated carbocycles. The summed E-state index contributed by atoms with van der Waals surface area (Å²) in [5.74, 6) is -3.68. The molecule has 0 heterocycles. The Bertz CT molecular complexity index is 534. The number of nitrogens with one attached hydrogen (secondary N) is 1. The highest BCUT2D eigenvalue weighted by Gasteiger charge is 2.20. The number of halogens is 3. The lowest BCUT2D eigenvalue weighted by atomic mass is 10.1. The molecule has 0 saturated heterocycles. The minimum absolute atomic E-state index is 0.102. The molecule has 0 bridgehead atoms. The maximum absolute atomic E-state index is 13.0. The van der Waals surface area contributed by atoms with E-state index in [1.165, 1.54) is 0 Å². The van der Waals surface area contributed by atoms with Crippen LogP contribution in [0.1, 0.15) is 16.8 Å². The second-order valence-corrected chi connectivity index (χ2v) is 4.90. The molecule has 0 aliphatic heterocycles. The molecule has 102 valence electrons. The summed E-state index contributed by atoms with van der Waals surface area (Å²) in [5.41, 5.74) is 5.01. The van der Waals surface area contributed by atoms with Gasteiger partial charge in [0.25, 0.3) is 5.91 Å². The van der Waals surface area contributed by atoms with Crippen LogP contribution in [0.25, 0.3) is 0 Å². The maximum Gasteiger partial charge on any atom is 0.252 e. The minimum Gasteiger partial charge on any atom is -0.368 e. The second-order valence-electron chi connectivity index (χ2n) is 3.78. The molecule has 0 fully saturated rings. The average Bonchev–Trinajstić information content (AvgIpc) is 2.31. The van der Waals surface area contributed by atoms with Crippen LogP contribution in [-0.4, -0.2) is 17.9 Å². The number of primary amides is 1. The van der Waals surface area contributed by atoms with E-state index in [0.717, 1.165) is 18.2 Å². The van der Waals surface area contributed by atoms with Gasteiger partial charge in [0.1, 0.15) is 6.04 Å². The van der Waals surface area contributed by atoms with Crippen molar-refractivity contribution in [2.45, 2.75) is 12.5 Å². The lowest BCUT2D eigenvalue weighted by Gasteiger charge is -2.14. The first-order valence-electron chi connectivity index (χ1n) is 5.19. The van der Waals surface area contributed by atoms with Gasteiger partial charge in [-0.15, -0.1) is 0 Å². The number of rotatable bonds is 5. The van der Waals surface area contributed by atoms with Crippen molar-refractivity contribution in [2.24, 2.45) is 5.73 Å². The Hall–Kier alpha value is -1.76. The van der Waals surface area contributed by atoms with Gasteiger partial charge >= 0.3 is 0 Å². The Morgan fingerprint density at radius 2 is 2.00 bits per heavy atom. The molecule has 0 spiro atoms. The summed E-state index contributed by atoms with van der Waals surface area (Å²) in [6.45, 7) is 3.53. The van der Waals surface area contributed by atoms with Gasteiger partial charge in [-0.2, -0.15) is 0 Å². The third-order valence-corrected chi connectivity index (χ3v) is 2.58. The van der Waals surface area contributed by atoms with E-state index in [2.05, 4.69) is 27.8 Å². The van der Waals surface area contributed by atoms with Crippen LogP contribution in [0.5, 0.6) is 0 Å². The first-order chi connectivity index (χ1) is 8.81. The van der Waals surface area contributed by atoms with Crippen LogP contribution in [0.3, 0.4) is 0 Å². The summed E-state index contributed by atoms with van der Waals surface area (Å²) in [7, 11) is 0. The zero-order valence-electron chi connectivity index (χ0n) is 9.75. The van der Waals surface area contributed by atoms with E-state index in [0.29, 0.717) is 4.48 Å². The monoisotopic (exact) mass is 332 g/mol. The van der Waals surface area contributed by atoms with Gasteiger partial charge in [-0.05, 0) is 22.7 Å². The number of amides is 2. The van der Waals surface area contributed by atoms with Gasteiger partial charge in [0.2, 0.25) is 5.91 Å². The number of carbonyl (C=O) groups is 2. The zero-order valence-corrected chi connectivity index (χ0v) is 11.3. The van der Waals surface area contributed by atoms with Gasteiger partial charge in [0, 0.05) is 12.0 Å². The third kappa shape index (κ3) is 4.44. The SMILES string of the molecule is C=C(Br)C[C@H](NC(=O)c1ccc(F)c(F)c1)C(N)=O. The van der Waals surface area contributed by atoms with Crippen molar-refractivity contribution < 1.29 is 18.4 Å². The summed E-state index contributed by atoms with van der Waals surface area (Å²) in [5, 5.41) is 2.32. The summed E-state index contributed by atoms with van der Waals surface area (Å²) < 4.78 is 26.2. The third-order valence-electron chi connectivity index (χ3n) is 2.26. The molecule has 0 radical (unpaired) electrons. The molecular weight excluding hydrogens is 322 g/mol. The summed E-state index contributed by atoms with van der Waals surface area (Å²) in [6, 6.07) is 1.69. The minimum atomic E-state index is -1.15. The fraction of sp³-hybridized carbons (Fsp3) is 0.167. The average molecular weight is 333 g/mol. The normalized spacial score (nSPS) is 11.7. The molecule has 0 aromatic heterocycles. The molecule has 1 aromatic rings. The largest absolute Gasteiger partial charge is 0.368 e. The molecule has 0 unspecified atom stereocenters. The molecule has 7 heteroatoms. The van der Waals surface area contributed by atoms with Crippen LogP contribution in [0.15, 0.2) is 29.3 Å². The van der Waals surface area contributed by atoms with Gasteiger partial charge in [0.05, 0.1) is 0 Å². The summed E-state index contributed by atoms with van der Waals surface area (Å²) in [4.78, 5) is 22.9. The number of nitrogens with two attached hydrogens (primary N) is 1. The summed E-state index contributed by atoms with van der Waals surface area (Å²) >= 11 is 3.05. The van der Waals surface area contributed by atoms with Crippen molar-refractivity contribution in [2.75, 3.05) is 0 Å². The molecule has 0 aliphatic rings. The number of carbonyl (C=O) groups excluding carboxylic acids is 2. The van der Waals surface area contributed by atoms with Crippen LogP contribution >= 0.6 is 15.9 Å². The van der Waals surface area contributed by atoms with Gasteiger partial charge in [-0.3, -0.25) is 9.59 Å². The first kappa shape index (κ1) is 15.3. The quantitative estimate of drug-likeness (QED) is 0.863. The Balaban J connectivity index is 2.84. The first-order valence-corrected chi connectivity index (χ1v) is 5.99. The Morgan fingerprint density at radius 1 is 1.37 bits per heavy atom. The molecule has 3 N–H and O–H groups in total. The molecule has 19 heavy (non-hydrogen) atoms. The van der Waals surface area contributed by atoms with E-state index in [9.17, 15) is 18.4 Å². The predicted molar refractivity (Wildman–Crippen MR) is 69.5 cm³/mol. The van der Waals surface area contributed by atoms with Crippen LogP contribution in [-0.2, 0) is 4.79 Å².